The molecule has 4 heteroatoms. The minimum atomic E-state index is -0.0299. The van der Waals surface area contributed by atoms with Crippen molar-refractivity contribution in [2.45, 2.75) is 26.3 Å². The van der Waals surface area contributed by atoms with Crippen LogP contribution in [-0.2, 0) is 7.05 Å². The van der Waals surface area contributed by atoms with Crippen molar-refractivity contribution in [1.82, 2.24) is 15.1 Å². The zero-order valence-electron chi connectivity index (χ0n) is 9.16. The molecule has 0 spiro atoms. The minimum absolute atomic E-state index is 0.0299. The summed E-state index contributed by atoms with van der Waals surface area (Å²) in [5.74, 6) is 0.0769. The van der Waals surface area contributed by atoms with Crippen molar-refractivity contribution in [2.75, 3.05) is 6.54 Å². The minimum Gasteiger partial charge on any atom is -0.305 e. The van der Waals surface area contributed by atoms with Crippen molar-refractivity contribution in [3.63, 3.8) is 0 Å². The van der Waals surface area contributed by atoms with E-state index in [0.29, 0.717) is 12.1 Å². The molecule has 0 radical (unpaired) electrons. The number of Topliss-reactive ketones (excluding diaryl/α,β-unsaturated/α-hetero) is 1. The Morgan fingerprint density at radius 1 is 1.57 bits per heavy atom. The van der Waals surface area contributed by atoms with Gasteiger partial charge in [-0.15, -0.1) is 0 Å². The largest absolute Gasteiger partial charge is 0.305 e. The third-order valence-corrected chi connectivity index (χ3v) is 1.81. The quantitative estimate of drug-likeness (QED) is 0.732. The molecule has 0 saturated carbocycles. The number of hydrogen-bond acceptors (Lipinski definition) is 3. The Hall–Kier alpha value is -1.16. The van der Waals surface area contributed by atoms with Crippen molar-refractivity contribution in [3.05, 3.63) is 18.0 Å². The maximum Gasteiger partial charge on any atom is 0.179 e. The topological polar surface area (TPSA) is 46.9 Å². The monoisotopic (exact) mass is 195 g/mol. The maximum atomic E-state index is 11.6. The smallest absolute Gasteiger partial charge is 0.179 e. The highest BCUT2D eigenvalue weighted by Crippen LogP contribution is 2.01. The van der Waals surface area contributed by atoms with Gasteiger partial charge in [0.1, 0.15) is 0 Å². The van der Waals surface area contributed by atoms with Gasteiger partial charge in [-0.05, 0) is 20.8 Å². The molecule has 78 valence electrons. The molecule has 1 N–H and O–H groups in total. The lowest BCUT2D eigenvalue weighted by atomic mass is 10.1. The van der Waals surface area contributed by atoms with Gasteiger partial charge in [0.2, 0.25) is 0 Å². The average molecular weight is 195 g/mol. The van der Waals surface area contributed by atoms with Crippen molar-refractivity contribution in [2.24, 2.45) is 7.05 Å². The molecule has 1 heterocycles. The first-order valence-electron chi connectivity index (χ1n) is 4.65. The predicted molar refractivity (Wildman–Crippen MR) is 55.3 cm³/mol. The summed E-state index contributed by atoms with van der Waals surface area (Å²) < 4.78 is 1.63. The summed E-state index contributed by atoms with van der Waals surface area (Å²) in [4.78, 5) is 11.6. The molecule has 0 aliphatic heterocycles. The number of aryl methyl sites for hydroxylation is 1. The first-order chi connectivity index (χ1) is 6.38. The van der Waals surface area contributed by atoms with Crippen LogP contribution in [0.25, 0.3) is 0 Å². The van der Waals surface area contributed by atoms with Crippen LogP contribution in [0.3, 0.4) is 0 Å². The van der Waals surface area contributed by atoms with E-state index in [1.54, 1.807) is 24.1 Å². The lowest BCUT2D eigenvalue weighted by Gasteiger charge is -2.19. The summed E-state index contributed by atoms with van der Waals surface area (Å²) in [5.41, 5.74) is 0.627. The highest BCUT2D eigenvalue weighted by molar-refractivity contribution is 5.97. The SMILES string of the molecule is Cn1cc(C(=O)CNC(C)(C)C)cn1. The molecule has 1 aromatic rings. The standard InChI is InChI=1S/C10H17N3O/c1-10(2,3)11-6-9(14)8-5-12-13(4)7-8/h5,7,11H,6H2,1-4H3. The van der Waals surface area contributed by atoms with Crippen LogP contribution in [0.4, 0.5) is 0 Å². The third-order valence-electron chi connectivity index (χ3n) is 1.81. The molecule has 14 heavy (non-hydrogen) atoms. The van der Waals surface area contributed by atoms with Crippen LogP contribution in [-0.4, -0.2) is 27.6 Å². The summed E-state index contributed by atoms with van der Waals surface area (Å²) in [6, 6.07) is 0. The molecular weight excluding hydrogens is 178 g/mol. The van der Waals surface area contributed by atoms with Crippen LogP contribution in [0.2, 0.25) is 0 Å². The molecule has 0 saturated heterocycles. The lowest BCUT2D eigenvalue weighted by molar-refractivity contribution is 0.0982. The summed E-state index contributed by atoms with van der Waals surface area (Å²) in [6.07, 6.45) is 3.32. The Bertz CT molecular complexity index is 322. The highest BCUT2D eigenvalue weighted by atomic mass is 16.1. The fourth-order valence-electron chi connectivity index (χ4n) is 1.01. The normalized spacial score (nSPS) is 11.7. The zero-order chi connectivity index (χ0) is 10.8. The van der Waals surface area contributed by atoms with Gasteiger partial charge >= 0.3 is 0 Å². The van der Waals surface area contributed by atoms with E-state index >= 15 is 0 Å². The van der Waals surface area contributed by atoms with Crippen molar-refractivity contribution < 1.29 is 4.79 Å². The first-order valence-corrected chi connectivity index (χ1v) is 4.65. The molecule has 0 aromatic carbocycles. The molecule has 0 amide bonds. The Morgan fingerprint density at radius 2 is 2.21 bits per heavy atom. The van der Waals surface area contributed by atoms with E-state index in [0.717, 1.165) is 0 Å². The van der Waals surface area contributed by atoms with Gasteiger partial charge in [0.15, 0.2) is 5.78 Å². The van der Waals surface area contributed by atoms with E-state index in [4.69, 9.17) is 0 Å². The third kappa shape index (κ3) is 3.30. The number of ketones is 1. The van der Waals surface area contributed by atoms with Gasteiger partial charge < -0.3 is 5.32 Å². The van der Waals surface area contributed by atoms with E-state index in [1.165, 1.54) is 0 Å². The van der Waals surface area contributed by atoms with E-state index < -0.39 is 0 Å². The van der Waals surface area contributed by atoms with Crippen LogP contribution >= 0.6 is 0 Å². The number of aromatic nitrogens is 2. The van der Waals surface area contributed by atoms with Gasteiger partial charge in [-0.25, -0.2) is 0 Å². The molecule has 4 nitrogen and oxygen atoms in total. The Kier molecular flexibility index (Phi) is 3.06. The van der Waals surface area contributed by atoms with E-state index in [2.05, 4.69) is 10.4 Å². The molecule has 0 aliphatic rings. The van der Waals surface area contributed by atoms with E-state index in [9.17, 15) is 4.79 Å². The van der Waals surface area contributed by atoms with Crippen LogP contribution in [0.15, 0.2) is 12.4 Å². The molecule has 0 aliphatic carbocycles. The maximum absolute atomic E-state index is 11.6. The highest BCUT2D eigenvalue weighted by Gasteiger charge is 2.13. The Balaban J connectivity index is 2.52. The fraction of sp³-hybridized carbons (Fsp3) is 0.600. The summed E-state index contributed by atoms with van der Waals surface area (Å²) in [5, 5.41) is 7.09. The summed E-state index contributed by atoms with van der Waals surface area (Å²) >= 11 is 0. The molecular formula is C10H17N3O. The van der Waals surface area contributed by atoms with Crippen LogP contribution < -0.4 is 5.32 Å². The first kappa shape index (κ1) is 10.9. The second kappa shape index (κ2) is 3.92. The fourth-order valence-corrected chi connectivity index (χ4v) is 1.01. The predicted octanol–water partition coefficient (Wildman–Crippen LogP) is 0.991. The number of carbonyl (C=O) groups is 1. The van der Waals surface area contributed by atoms with Crippen molar-refractivity contribution in [3.8, 4) is 0 Å². The van der Waals surface area contributed by atoms with Crippen molar-refractivity contribution in [1.29, 1.82) is 0 Å². The van der Waals surface area contributed by atoms with Gasteiger partial charge in [0, 0.05) is 18.8 Å². The lowest BCUT2D eigenvalue weighted by Crippen LogP contribution is -2.39. The number of rotatable bonds is 3. The molecule has 1 rings (SSSR count). The molecule has 0 unspecified atom stereocenters. The Morgan fingerprint density at radius 3 is 2.64 bits per heavy atom. The molecule has 0 bridgehead atoms. The summed E-state index contributed by atoms with van der Waals surface area (Å²) in [7, 11) is 1.80. The molecule has 1 aromatic heterocycles. The van der Waals surface area contributed by atoms with Crippen molar-refractivity contribution >= 4 is 5.78 Å². The van der Waals surface area contributed by atoms with Crippen LogP contribution in [0.1, 0.15) is 31.1 Å². The van der Waals surface area contributed by atoms with Gasteiger partial charge in [-0.2, -0.15) is 5.10 Å². The molecule has 0 atom stereocenters. The second-order valence-corrected chi connectivity index (χ2v) is 4.43. The average Bonchev–Trinajstić information content (AvgIpc) is 2.46. The van der Waals surface area contributed by atoms with E-state index in [1.807, 2.05) is 20.8 Å². The number of nitrogens with zero attached hydrogens (tertiary/aromatic N) is 2. The second-order valence-electron chi connectivity index (χ2n) is 4.43. The number of hydrogen-bond donors (Lipinski definition) is 1. The van der Waals surface area contributed by atoms with Gasteiger partial charge in [0.25, 0.3) is 0 Å². The van der Waals surface area contributed by atoms with Crippen LogP contribution in [0, 0.1) is 0 Å². The number of carbonyl (C=O) groups excluding carboxylic acids is 1. The molecule has 0 fully saturated rings. The number of nitrogens with one attached hydrogen (secondary N) is 1. The Labute approximate surface area is 84.3 Å². The van der Waals surface area contributed by atoms with Gasteiger partial charge in [-0.1, -0.05) is 0 Å². The van der Waals surface area contributed by atoms with E-state index in [-0.39, 0.29) is 11.3 Å². The van der Waals surface area contributed by atoms with Gasteiger partial charge in [0.05, 0.1) is 18.3 Å². The zero-order valence-corrected chi connectivity index (χ0v) is 9.16. The van der Waals surface area contributed by atoms with Gasteiger partial charge in [-0.3, -0.25) is 9.48 Å². The summed E-state index contributed by atoms with van der Waals surface area (Å²) in [6.45, 7) is 6.45. The van der Waals surface area contributed by atoms with Crippen LogP contribution in [0.5, 0.6) is 0 Å².